The zero-order valence-corrected chi connectivity index (χ0v) is 15.4. The molecule has 0 saturated carbocycles. The number of hydrogen-bond acceptors (Lipinski definition) is 8. The Morgan fingerprint density at radius 3 is 2.45 bits per heavy atom. The third kappa shape index (κ3) is 5.06. The summed E-state index contributed by atoms with van der Waals surface area (Å²) >= 11 is 2.11. The van der Waals surface area contributed by atoms with Gasteiger partial charge in [-0.25, -0.2) is 13.5 Å². The molecule has 1 unspecified atom stereocenters. The molecular formula is C13H21N2O4PS2. The first-order valence-corrected chi connectivity index (χ1v) is 10.3. The molecule has 0 aromatic carbocycles. The van der Waals surface area contributed by atoms with Crippen molar-refractivity contribution in [2.45, 2.75) is 27.2 Å². The molecule has 1 N–H and O–H groups in total. The molecular weight excluding hydrogens is 343 g/mol. The maximum Gasteiger partial charge on any atom is 0.380 e. The quantitative estimate of drug-likeness (QED) is 0.254. The van der Waals surface area contributed by atoms with E-state index < -0.39 is 13.5 Å². The van der Waals surface area contributed by atoms with Crippen LogP contribution in [0.3, 0.4) is 0 Å². The number of carbonyl (C=O) groups excluding carboxylic acids is 1. The third-order valence-corrected chi connectivity index (χ3v) is 6.89. The average molecular weight is 364 g/mol. The standard InChI is InChI=1S/C13H21N2O4PS2/c1-4-21-18-20(17,19-22-5-2)12-8-6-7-10(3)13(12)11(16)9-15-14/h7-8,13-14H,4-6,9H2,1-3H3. The van der Waals surface area contributed by atoms with E-state index in [1.165, 1.54) is 0 Å². The second-order valence-corrected chi connectivity index (χ2v) is 8.82. The van der Waals surface area contributed by atoms with Crippen LogP contribution >= 0.6 is 31.7 Å². The Morgan fingerprint density at radius 1 is 1.36 bits per heavy atom. The summed E-state index contributed by atoms with van der Waals surface area (Å²) in [6.45, 7) is 5.33. The number of carbonyl (C=O) groups is 1. The SMILES string of the molecule is CCSOP(=O)(OSCC)C1=CCC=C(C)C1C(=O)CN=N. The Labute approximate surface area is 139 Å². The van der Waals surface area contributed by atoms with Crippen LogP contribution in [-0.2, 0) is 17.3 Å². The van der Waals surface area contributed by atoms with Crippen molar-refractivity contribution in [3.8, 4) is 0 Å². The second-order valence-electron chi connectivity index (χ2n) is 4.49. The summed E-state index contributed by atoms with van der Waals surface area (Å²) in [7, 11) is -3.58. The fraction of sp³-hybridized carbons (Fsp3) is 0.615. The van der Waals surface area contributed by atoms with Crippen molar-refractivity contribution in [3.63, 3.8) is 0 Å². The van der Waals surface area contributed by atoms with Gasteiger partial charge in [0, 0.05) is 35.6 Å². The lowest BCUT2D eigenvalue weighted by Crippen LogP contribution is -2.23. The normalized spacial score (nSPS) is 18.6. The number of allylic oxidation sites excluding steroid dienone is 4. The predicted octanol–water partition coefficient (Wildman–Crippen LogP) is 5.00. The van der Waals surface area contributed by atoms with E-state index in [9.17, 15) is 9.36 Å². The van der Waals surface area contributed by atoms with E-state index in [0.29, 0.717) is 23.2 Å². The highest BCUT2D eigenvalue weighted by molar-refractivity contribution is 8.02. The molecule has 0 bridgehead atoms. The van der Waals surface area contributed by atoms with Gasteiger partial charge in [0.05, 0.1) is 11.2 Å². The van der Waals surface area contributed by atoms with Gasteiger partial charge in [-0.1, -0.05) is 31.6 Å². The lowest BCUT2D eigenvalue weighted by molar-refractivity contribution is -0.119. The monoisotopic (exact) mass is 364 g/mol. The van der Waals surface area contributed by atoms with E-state index in [2.05, 4.69) is 5.11 Å². The number of rotatable bonds is 10. The zero-order valence-electron chi connectivity index (χ0n) is 12.9. The fourth-order valence-electron chi connectivity index (χ4n) is 2.04. The number of Topliss-reactive ketones (excluding diaryl/α,β-unsaturated/α-hetero) is 1. The Morgan fingerprint density at radius 2 is 1.95 bits per heavy atom. The van der Waals surface area contributed by atoms with E-state index in [1.807, 2.05) is 26.8 Å². The van der Waals surface area contributed by atoms with Gasteiger partial charge in [-0.2, -0.15) is 5.11 Å². The van der Waals surface area contributed by atoms with Gasteiger partial charge in [0.25, 0.3) is 0 Å². The molecule has 0 aromatic rings. The van der Waals surface area contributed by atoms with Gasteiger partial charge in [0.15, 0.2) is 5.78 Å². The van der Waals surface area contributed by atoms with Crippen molar-refractivity contribution in [2.75, 3.05) is 18.1 Å². The first-order valence-electron chi connectivity index (χ1n) is 6.95. The van der Waals surface area contributed by atoms with Crippen LogP contribution in [0.1, 0.15) is 27.2 Å². The van der Waals surface area contributed by atoms with Gasteiger partial charge in [-0.3, -0.25) is 9.36 Å². The van der Waals surface area contributed by atoms with Crippen molar-refractivity contribution < 1.29 is 17.3 Å². The largest absolute Gasteiger partial charge is 0.380 e. The zero-order chi connectivity index (χ0) is 16.6. The smallest absolute Gasteiger partial charge is 0.296 e. The number of nitrogens with zero attached hydrogens (tertiary/aromatic N) is 1. The lowest BCUT2D eigenvalue weighted by atomic mass is 9.90. The second kappa shape index (κ2) is 9.67. The van der Waals surface area contributed by atoms with E-state index in [-0.39, 0.29) is 12.3 Å². The summed E-state index contributed by atoms with van der Waals surface area (Å²) in [4.78, 5) is 12.3. The minimum absolute atomic E-state index is 0.241. The fourth-order valence-corrected chi connectivity index (χ4v) is 5.99. The van der Waals surface area contributed by atoms with Gasteiger partial charge in [0.2, 0.25) is 0 Å². The molecule has 0 aromatic heterocycles. The molecule has 1 aliphatic rings. The Hall–Kier alpha value is -0.400. The van der Waals surface area contributed by atoms with E-state index >= 15 is 0 Å². The van der Waals surface area contributed by atoms with E-state index in [0.717, 1.165) is 29.7 Å². The maximum absolute atomic E-state index is 13.1. The topological polar surface area (TPSA) is 88.8 Å². The summed E-state index contributed by atoms with van der Waals surface area (Å²) in [6.07, 6.45) is 4.21. The highest BCUT2D eigenvalue weighted by atomic mass is 32.2. The molecule has 6 nitrogen and oxygen atoms in total. The Kier molecular flexibility index (Phi) is 8.64. The van der Waals surface area contributed by atoms with Gasteiger partial charge in [0.1, 0.15) is 6.54 Å². The molecule has 1 rings (SSSR count). The highest BCUT2D eigenvalue weighted by Crippen LogP contribution is 2.64. The lowest BCUT2D eigenvalue weighted by Gasteiger charge is -2.27. The molecule has 0 saturated heterocycles. The summed E-state index contributed by atoms with van der Waals surface area (Å²) in [5.41, 5.74) is 7.68. The van der Waals surface area contributed by atoms with E-state index in [4.69, 9.17) is 13.5 Å². The van der Waals surface area contributed by atoms with Crippen molar-refractivity contribution in [1.82, 2.24) is 0 Å². The molecule has 1 atom stereocenters. The van der Waals surface area contributed by atoms with Gasteiger partial charge < -0.3 is 0 Å². The van der Waals surface area contributed by atoms with Crippen LogP contribution in [0.4, 0.5) is 0 Å². The molecule has 0 amide bonds. The van der Waals surface area contributed by atoms with Crippen molar-refractivity contribution in [1.29, 1.82) is 5.53 Å². The van der Waals surface area contributed by atoms with Crippen LogP contribution in [0, 0.1) is 11.4 Å². The van der Waals surface area contributed by atoms with Crippen LogP contribution in [-0.4, -0.2) is 23.8 Å². The molecule has 22 heavy (non-hydrogen) atoms. The number of hydrogen-bond donors (Lipinski definition) is 1. The minimum Gasteiger partial charge on any atom is -0.296 e. The Balaban J connectivity index is 3.13. The molecule has 0 aliphatic heterocycles. The molecule has 0 fully saturated rings. The molecule has 0 heterocycles. The highest BCUT2D eigenvalue weighted by Gasteiger charge is 2.41. The summed E-state index contributed by atoms with van der Waals surface area (Å²) in [5, 5.41) is 3.51. The number of ketones is 1. The molecule has 124 valence electrons. The summed E-state index contributed by atoms with van der Waals surface area (Å²) in [5.74, 6) is 0.272. The number of nitrogens with one attached hydrogen (secondary N) is 1. The van der Waals surface area contributed by atoms with E-state index in [1.54, 1.807) is 6.08 Å². The molecule has 0 radical (unpaired) electrons. The van der Waals surface area contributed by atoms with Gasteiger partial charge in [-0.05, 0) is 13.3 Å². The van der Waals surface area contributed by atoms with Crippen LogP contribution in [0.15, 0.2) is 28.2 Å². The van der Waals surface area contributed by atoms with Gasteiger partial charge >= 0.3 is 7.60 Å². The van der Waals surface area contributed by atoms with Crippen LogP contribution < -0.4 is 0 Å². The van der Waals surface area contributed by atoms with Crippen LogP contribution in [0.25, 0.3) is 0 Å². The van der Waals surface area contributed by atoms with Crippen LogP contribution in [0.5, 0.6) is 0 Å². The molecule has 9 heteroatoms. The third-order valence-electron chi connectivity index (χ3n) is 2.93. The Bertz CT molecular complexity index is 510. The first kappa shape index (κ1) is 19.6. The average Bonchev–Trinajstić information content (AvgIpc) is 2.50. The first-order chi connectivity index (χ1) is 10.5. The van der Waals surface area contributed by atoms with Crippen LogP contribution in [0.2, 0.25) is 0 Å². The maximum atomic E-state index is 13.1. The molecule has 0 spiro atoms. The predicted molar refractivity (Wildman–Crippen MR) is 91.0 cm³/mol. The summed E-state index contributed by atoms with van der Waals surface area (Å²) < 4.78 is 24.0. The summed E-state index contributed by atoms with van der Waals surface area (Å²) in [6, 6.07) is 0. The van der Waals surface area contributed by atoms with Crippen molar-refractivity contribution >= 4 is 37.5 Å². The minimum atomic E-state index is -3.58. The van der Waals surface area contributed by atoms with Crippen molar-refractivity contribution in [2.24, 2.45) is 11.0 Å². The van der Waals surface area contributed by atoms with Gasteiger partial charge in [-0.15, -0.1) is 0 Å². The molecule has 1 aliphatic carbocycles. The van der Waals surface area contributed by atoms with Crippen molar-refractivity contribution in [3.05, 3.63) is 23.0 Å².